The summed E-state index contributed by atoms with van der Waals surface area (Å²) in [6.07, 6.45) is 2.26. The Morgan fingerprint density at radius 2 is 2.00 bits per heavy atom. The standard InChI is InChI=1S/C18H14Cl2N2O3S/c1-8-6-11(15(20)14(8)19)16(23)22(10-3-4-10)18-21-12-5-2-9(17(24)25)7-13(12)26-18/h2,5,7,10H,3-4,6H2,1H3,(H,24,25). The van der Waals surface area contributed by atoms with Gasteiger partial charge in [-0.15, -0.1) is 0 Å². The Hall–Kier alpha value is -1.89. The van der Waals surface area contributed by atoms with Gasteiger partial charge in [-0.25, -0.2) is 9.78 Å². The summed E-state index contributed by atoms with van der Waals surface area (Å²) >= 11 is 13.7. The molecule has 1 N–H and O–H groups in total. The second-order valence-electron chi connectivity index (χ2n) is 6.45. The number of nitrogens with zero attached hydrogens (tertiary/aromatic N) is 2. The van der Waals surface area contributed by atoms with Crippen molar-refractivity contribution in [2.45, 2.75) is 32.2 Å². The van der Waals surface area contributed by atoms with E-state index in [0.717, 1.165) is 23.1 Å². The Balaban J connectivity index is 1.73. The van der Waals surface area contributed by atoms with Crippen molar-refractivity contribution in [3.05, 3.63) is 45.0 Å². The van der Waals surface area contributed by atoms with Crippen LogP contribution in [0.2, 0.25) is 0 Å². The third-order valence-corrected chi connectivity index (χ3v) is 6.54. The van der Waals surface area contributed by atoms with Gasteiger partial charge in [-0.1, -0.05) is 34.5 Å². The van der Waals surface area contributed by atoms with Crippen molar-refractivity contribution in [2.75, 3.05) is 4.90 Å². The molecule has 1 fully saturated rings. The van der Waals surface area contributed by atoms with E-state index >= 15 is 0 Å². The molecule has 0 atom stereocenters. The maximum Gasteiger partial charge on any atom is 0.335 e. The van der Waals surface area contributed by atoms with Crippen molar-refractivity contribution in [3.8, 4) is 0 Å². The first kappa shape index (κ1) is 17.5. The second kappa shape index (κ2) is 6.37. The number of carbonyl (C=O) groups excluding carboxylic acids is 1. The Labute approximate surface area is 163 Å². The summed E-state index contributed by atoms with van der Waals surface area (Å²) in [7, 11) is 0. The maximum absolute atomic E-state index is 13.2. The van der Waals surface area contributed by atoms with Gasteiger partial charge in [-0.2, -0.15) is 0 Å². The lowest BCUT2D eigenvalue weighted by molar-refractivity contribution is -0.115. The highest BCUT2D eigenvalue weighted by Crippen LogP contribution is 2.42. The van der Waals surface area contributed by atoms with Gasteiger partial charge >= 0.3 is 5.97 Å². The smallest absolute Gasteiger partial charge is 0.335 e. The number of anilines is 1. The molecule has 0 bridgehead atoms. The summed E-state index contributed by atoms with van der Waals surface area (Å²) in [5, 5.41) is 10.5. The van der Waals surface area contributed by atoms with Crippen LogP contribution in [0.3, 0.4) is 0 Å². The minimum absolute atomic E-state index is 0.0960. The van der Waals surface area contributed by atoms with E-state index in [4.69, 9.17) is 28.3 Å². The van der Waals surface area contributed by atoms with Crippen LogP contribution in [0.5, 0.6) is 0 Å². The first-order valence-electron chi connectivity index (χ1n) is 8.08. The Morgan fingerprint density at radius 3 is 2.58 bits per heavy atom. The molecule has 1 heterocycles. The first-order valence-corrected chi connectivity index (χ1v) is 9.65. The Morgan fingerprint density at radius 1 is 1.27 bits per heavy atom. The number of hydrogen-bond acceptors (Lipinski definition) is 4. The van der Waals surface area contributed by atoms with E-state index in [1.807, 2.05) is 6.92 Å². The number of thiazole rings is 1. The van der Waals surface area contributed by atoms with Crippen molar-refractivity contribution in [1.82, 2.24) is 4.98 Å². The van der Waals surface area contributed by atoms with Gasteiger partial charge in [-0.05, 0) is 43.5 Å². The van der Waals surface area contributed by atoms with Crippen LogP contribution in [0.4, 0.5) is 5.13 Å². The van der Waals surface area contributed by atoms with Gasteiger partial charge in [0.2, 0.25) is 0 Å². The highest BCUT2D eigenvalue weighted by atomic mass is 35.5. The molecule has 0 radical (unpaired) electrons. The van der Waals surface area contributed by atoms with Crippen molar-refractivity contribution < 1.29 is 14.7 Å². The van der Waals surface area contributed by atoms with Gasteiger partial charge in [0, 0.05) is 18.0 Å². The van der Waals surface area contributed by atoms with Crippen LogP contribution in [-0.2, 0) is 4.79 Å². The maximum atomic E-state index is 13.2. The SMILES string of the molecule is CC1=C(Cl)C(Cl)=C(C(=O)N(c2nc3ccc(C(=O)O)cc3s2)C2CC2)C1. The number of rotatable bonds is 4. The van der Waals surface area contributed by atoms with Gasteiger partial charge in [0.1, 0.15) is 0 Å². The molecule has 2 aromatic rings. The largest absolute Gasteiger partial charge is 0.478 e. The topological polar surface area (TPSA) is 70.5 Å². The fourth-order valence-corrected chi connectivity index (χ4v) is 4.51. The summed E-state index contributed by atoms with van der Waals surface area (Å²) in [6.45, 7) is 1.86. The van der Waals surface area contributed by atoms with Crippen LogP contribution >= 0.6 is 34.5 Å². The van der Waals surface area contributed by atoms with E-state index in [9.17, 15) is 9.59 Å². The number of carbonyl (C=O) groups is 2. The second-order valence-corrected chi connectivity index (χ2v) is 8.22. The number of hydrogen-bond donors (Lipinski definition) is 1. The van der Waals surface area contributed by atoms with E-state index in [0.29, 0.717) is 32.7 Å². The predicted molar refractivity (Wildman–Crippen MR) is 103 cm³/mol. The monoisotopic (exact) mass is 408 g/mol. The minimum Gasteiger partial charge on any atom is -0.478 e. The van der Waals surface area contributed by atoms with Crippen LogP contribution < -0.4 is 4.90 Å². The Kier molecular flexibility index (Phi) is 4.29. The lowest BCUT2D eigenvalue weighted by Crippen LogP contribution is -2.34. The molecule has 2 aliphatic rings. The Bertz CT molecular complexity index is 1020. The molecule has 8 heteroatoms. The van der Waals surface area contributed by atoms with Crippen molar-refractivity contribution in [2.24, 2.45) is 0 Å². The summed E-state index contributed by atoms with van der Waals surface area (Å²) < 4.78 is 0.734. The molecular weight excluding hydrogens is 395 g/mol. The minimum atomic E-state index is -0.990. The predicted octanol–water partition coefficient (Wildman–Crippen LogP) is 4.90. The molecule has 1 aromatic carbocycles. The number of benzene rings is 1. The van der Waals surface area contributed by atoms with E-state index in [1.54, 1.807) is 17.0 Å². The van der Waals surface area contributed by atoms with Crippen LogP contribution in [-0.4, -0.2) is 28.0 Å². The molecule has 5 nitrogen and oxygen atoms in total. The van der Waals surface area contributed by atoms with Crippen molar-refractivity contribution in [1.29, 1.82) is 0 Å². The number of allylic oxidation sites excluding steroid dienone is 3. The van der Waals surface area contributed by atoms with Gasteiger partial charge in [0.05, 0.1) is 25.8 Å². The quantitative estimate of drug-likeness (QED) is 0.780. The van der Waals surface area contributed by atoms with Gasteiger partial charge in [0.25, 0.3) is 5.91 Å². The number of halogens is 2. The summed E-state index contributed by atoms with van der Waals surface area (Å²) in [4.78, 5) is 30.6. The molecule has 1 saturated carbocycles. The zero-order valence-electron chi connectivity index (χ0n) is 13.8. The molecule has 1 amide bonds. The normalized spacial score (nSPS) is 17.3. The van der Waals surface area contributed by atoms with E-state index in [1.165, 1.54) is 17.4 Å². The highest BCUT2D eigenvalue weighted by Gasteiger charge is 2.39. The van der Waals surface area contributed by atoms with E-state index in [2.05, 4.69) is 4.98 Å². The summed E-state index contributed by atoms with van der Waals surface area (Å²) in [5.74, 6) is -1.17. The average Bonchev–Trinajstić information content (AvgIpc) is 3.29. The first-order chi connectivity index (χ1) is 12.4. The number of carboxylic acids is 1. The lowest BCUT2D eigenvalue weighted by Gasteiger charge is -2.20. The third kappa shape index (κ3) is 2.92. The van der Waals surface area contributed by atoms with E-state index in [-0.39, 0.29) is 17.5 Å². The molecule has 0 aliphatic heterocycles. The molecule has 2 aliphatic carbocycles. The number of aromatic carboxylic acids is 1. The molecule has 0 spiro atoms. The fraction of sp³-hybridized carbons (Fsp3) is 0.278. The molecule has 26 heavy (non-hydrogen) atoms. The molecule has 0 saturated heterocycles. The van der Waals surface area contributed by atoms with Crippen molar-refractivity contribution >= 4 is 61.8 Å². The summed E-state index contributed by atoms with van der Waals surface area (Å²) in [5.41, 5.74) is 2.25. The van der Waals surface area contributed by atoms with Crippen LogP contribution in [0.15, 0.2) is 39.4 Å². The highest BCUT2D eigenvalue weighted by molar-refractivity contribution is 7.22. The lowest BCUT2D eigenvalue weighted by atomic mass is 10.1. The van der Waals surface area contributed by atoms with Gasteiger partial charge in [0.15, 0.2) is 5.13 Å². The van der Waals surface area contributed by atoms with Crippen LogP contribution in [0, 0.1) is 0 Å². The number of fused-ring (bicyclic) bond motifs is 1. The molecular formula is C18H14Cl2N2O3S. The number of amides is 1. The summed E-state index contributed by atoms with van der Waals surface area (Å²) in [6, 6.07) is 4.86. The molecule has 1 aromatic heterocycles. The number of aromatic nitrogens is 1. The zero-order chi connectivity index (χ0) is 18.6. The van der Waals surface area contributed by atoms with Crippen LogP contribution in [0.25, 0.3) is 10.2 Å². The number of carboxylic acid groups (broad SMARTS) is 1. The van der Waals surface area contributed by atoms with Gasteiger partial charge < -0.3 is 5.11 Å². The molecule has 0 unspecified atom stereocenters. The average molecular weight is 409 g/mol. The molecule has 4 rings (SSSR count). The van der Waals surface area contributed by atoms with E-state index < -0.39 is 5.97 Å². The third-order valence-electron chi connectivity index (χ3n) is 4.49. The van der Waals surface area contributed by atoms with Crippen molar-refractivity contribution in [3.63, 3.8) is 0 Å². The zero-order valence-corrected chi connectivity index (χ0v) is 16.1. The van der Waals surface area contributed by atoms with Crippen LogP contribution in [0.1, 0.15) is 36.5 Å². The molecule has 134 valence electrons. The van der Waals surface area contributed by atoms with Gasteiger partial charge in [-0.3, -0.25) is 9.69 Å². The fourth-order valence-electron chi connectivity index (χ4n) is 2.95.